The molecule has 0 amide bonds. The van der Waals surface area contributed by atoms with Gasteiger partial charge in [-0.05, 0) is 118 Å². The Kier molecular flexibility index (Phi) is 8.64. The number of para-hydroxylation sites is 2. The van der Waals surface area contributed by atoms with Crippen molar-refractivity contribution in [2.24, 2.45) is 0 Å². The Morgan fingerprint density at radius 3 is 1.00 bits per heavy atom. The van der Waals surface area contributed by atoms with Gasteiger partial charge in [-0.15, -0.1) is 45.3 Å². The molecule has 0 saturated carbocycles. The fraction of sp³-hybridized carbons (Fsp3) is 0.0286. The number of benzene rings is 10. The maximum atomic E-state index is 2.65. The molecule has 8 heterocycles. The van der Waals surface area contributed by atoms with Crippen LogP contribution in [-0.2, 0) is 10.8 Å². The molecule has 16 aromatic rings. The molecule has 0 N–H and O–H groups in total. The lowest BCUT2D eigenvalue weighted by Gasteiger charge is -2.51. The first-order valence-electron chi connectivity index (χ1n) is 26.4. The van der Waals surface area contributed by atoms with E-state index in [0.717, 1.165) is 0 Å². The first-order valence-corrected chi connectivity index (χ1v) is 31.3. The summed E-state index contributed by atoms with van der Waals surface area (Å²) in [6, 6.07) is 88.7. The van der Waals surface area contributed by atoms with Crippen LogP contribution >= 0.6 is 68.9 Å². The van der Waals surface area contributed by atoms with Gasteiger partial charge in [-0.3, -0.25) is 0 Å². The number of aromatic nitrogens is 2. The third kappa shape index (κ3) is 5.36. The van der Waals surface area contributed by atoms with E-state index in [1.54, 1.807) is 0 Å². The molecule has 364 valence electrons. The number of rotatable bonds is 2. The molecule has 2 nitrogen and oxygen atoms in total. The summed E-state index contributed by atoms with van der Waals surface area (Å²) in [7, 11) is 0. The van der Waals surface area contributed by atoms with Crippen LogP contribution in [0.4, 0.5) is 0 Å². The highest BCUT2D eigenvalue weighted by atomic mass is 32.2. The summed E-state index contributed by atoms with van der Waals surface area (Å²) >= 11 is 11.7. The second kappa shape index (κ2) is 15.5. The van der Waals surface area contributed by atoms with Gasteiger partial charge in [-0.25, -0.2) is 0 Å². The molecular weight excluding hydrogens is 1060 g/mol. The van der Waals surface area contributed by atoms with Crippen LogP contribution in [0.2, 0.25) is 0 Å². The summed E-state index contributed by atoms with van der Waals surface area (Å²) in [4.78, 5) is 7.98. The molecule has 3 aliphatic rings. The van der Waals surface area contributed by atoms with E-state index in [2.05, 4.69) is 240 Å². The lowest BCUT2D eigenvalue weighted by atomic mass is 9.55. The van der Waals surface area contributed by atoms with Crippen molar-refractivity contribution in [3.05, 3.63) is 274 Å². The highest BCUT2D eigenvalue weighted by Gasteiger charge is 2.60. The van der Waals surface area contributed by atoms with Gasteiger partial charge in [-0.1, -0.05) is 169 Å². The zero-order valence-electron chi connectivity index (χ0n) is 41.3. The van der Waals surface area contributed by atoms with Crippen LogP contribution in [0.25, 0.3) is 94.0 Å². The van der Waals surface area contributed by atoms with Crippen molar-refractivity contribution in [3.8, 4) is 10.0 Å². The molecule has 0 saturated heterocycles. The third-order valence-corrected chi connectivity index (χ3v) is 24.4. The van der Waals surface area contributed by atoms with Crippen molar-refractivity contribution in [3.63, 3.8) is 0 Å². The van der Waals surface area contributed by atoms with Crippen molar-refractivity contribution in [2.45, 2.75) is 30.4 Å². The van der Waals surface area contributed by atoms with Gasteiger partial charge in [0.05, 0.1) is 32.9 Å². The maximum absolute atomic E-state index is 2.65. The third-order valence-electron chi connectivity index (χ3n) is 17.3. The van der Waals surface area contributed by atoms with E-state index < -0.39 is 10.8 Å². The van der Waals surface area contributed by atoms with Crippen LogP contribution in [0.1, 0.15) is 43.1 Å². The summed E-state index contributed by atoms with van der Waals surface area (Å²) in [6.07, 6.45) is 0. The lowest BCUT2D eigenvalue weighted by Crippen LogP contribution is -2.45. The van der Waals surface area contributed by atoms with Crippen LogP contribution in [0.3, 0.4) is 0 Å². The number of nitrogens with zero attached hydrogens (tertiary/aromatic N) is 2. The molecule has 0 bridgehead atoms. The van der Waals surface area contributed by atoms with Gasteiger partial charge in [0.15, 0.2) is 0 Å². The van der Waals surface area contributed by atoms with Gasteiger partial charge < -0.3 is 9.13 Å². The predicted molar refractivity (Wildman–Crippen MR) is 335 cm³/mol. The van der Waals surface area contributed by atoms with Crippen LogP contribution < -0.4 is 0 Å². The zero-order chi connectivity index (χ0) is 50.6. The number of hydrogen-bond donors (Lipinski definition) is 0. The number of fused-ring (bicyclic) bond motifs is 26. The average molecular weight is 1100 g/mol. The molecule has 10 aromatic carbocycles. The van der Waals surface area contributed by atoms with E-state index in [0.29, 0.717) is 0 Å². The summed E-state index contributed by atoms with van der Waals surface area (Å²) in [5.41, 5.74) is 11.7. The molecule has 2 spiro atoms. The minimum atomic E-state index is -0.675. The normalized spacial score (nSPS) is 14.8. The maximum Gasteiger partial charge on any atom is 0.101 e. The molecule has 1 aliphatic carbocycles. The minimum Gasteiger partial charge on any atom is -0.301 e. The van der Waals surface area contributed by atoms with Gasteiger partial charge in [0, 0.05) is 91.2 Å². The van der Waals surface area contributed by atoms with Gasteiger partial charge >= 0.3 is 0 Å². The molecule has 19 rings (SSSR count). The lowest BCUT2D eigenvalue weighted by molar-refractivity contribution is 0.609. The van der Waals surface area contributed by atoms with Gasteiger partial charge in [0.2, 0.25) is 0 Å². The summed E-state index contributed by atoms with van der Waals surface area (Å²) in [5.74, 6) is 0. The molecule has 2 aliphatic heterocycles. The van der Waals surface area contributed by atoms with Crippen LogP contribution in [0.15, 0.2) is 250 Å². The monoisotopic (exact) mass is 1100 g/mol. The van der Waals surface area contributed by atoms with Crippen LogP contribution in [-0.4, -0.2) is 9.13 Å². The SMILES string of the molecule is c1ccc2c(c1)Sc1ccccc1C21c2cc(-n3c4ccccc4c4cc5sc6ccccc6c5cc43)sc2C2(c3ccccc3Sc3ccccc32)c2cc(-n3c4ccccc4c4cc5sc6ccccc6c5cc43)sc21. The number of thiophene rings is 4. The molecule has 6 aromatic heterocycles. The van der Waals surface area contributed by atoms with Crippen LogP contribution in [0.5, 0.6) is 0 Å². The fourth-order valence-electron chi connectivity index (χ4n) is 14.2. The topological polar surface area (TPSA) is 9.86 Å². The summed E-state index contributed by atoms with van der Waals surface area (Å²) < 4.78 is 10.5. The van der Waals surface area contributed by atoms with Crippen molar-refractivity contribution in [1.82, 2.24) is 9.13 Å². The molecule has 0 atom stereocenters. The van der Waals surface area contributed by atoms with E-state index in [1.165, 1.54) is 157 Å². The smallest absolute Gasteiger partial charge is 0.101 e. The molecular formula is C70H38N2S6. The minimum absolute atomic E-state index is 0.675. The Bertz CT molecular complexity index is 4850. The molecule has 0 radical (unpaired) electrons. The molecule has 78 heavy (non-hydrogen) atoms. The highest BCUT2D eigenvalue weighted by molar-refractivity contribution is 7.99. The summed E-state index contributed by atoms with van der Waals surface area (Å²) in [5, 5.41) is 12.9. The zero-order valence-corrected chi connectivity index (χ0v) is 46.2. The van der Waals surface area contributed by atoms with Gasteiger partial charge in [0.1, 0.15) is 10.0 Å². The quantitative estimate of drug-likeness (QED) is 0.171. The Morgan fingerprint density at radius 2 is 0.590 bits per heavy atom. The van der Waals surface area contributed by atoms with Crippen molar-refractivity contribution in [2.75, 3.05) is 0 Å². The van der Waals surface area contributed by atoms with Crippen LogP contribution in [0, 0.1) is 0 Å². The molecule has 0 unspecified atom stereocenters. The van der Waals surface area contributed by atoms with E-state index in [1.807, 2.05) is 68.9 Å². The first kappa shape index (κ1) is 43.3. The van der Waals surface area contributed by atoms with Crippen molar-refractivity contribution >= 4 is 153 Å². The van der Waals surface area contributed by atoms with E-state index in [9.17, 15) is 0 Å². The van der Waals surface area contributed by atoms with E-state index >= 15 is 0 Å². The van der Waals surface area contributed by atoms with Crippen molar-refractivity contribution in [1.29, 1.82) is 0 Å². The Hall–Kier alpha value is -7.66. The molecule has 0 fully saturated rings. The predicted octanol–water partition coefficient (Wildman–Crippen LogP) is 20.7. The van der Waals surface area contributed by atoms with E-state index in [-0.39, 0.29) is 0 Å². The Balaban J connectivity index is 1.00. The number of hydrogen-bond acceptors (Lipinski definition) is 6. The fourth-order valence-corrected chi connectivity index (χ4v) is 21.8. The van der Waals surface area contributed by atoms with Crippen molar-refractivity contribution < 1.29 is 0 Å². The highest BCUT2D eigenvalue weighted by Crippen LogP contribution is 2.70. The second-order valence-electron chi connectivity index (χ2n) is 21.0. The van der Waals surface area contributed by atoms with Gasteiger partial charge in [0.25, 0.3) is 0 Å². The average Bonchev–Trinajstić information content (AvgIpc) is 2.63. The Morgan fingerprint density at radius 1 is 0.244 bits per heavy atom. The second-order valence-corrected chi connectivity index (χ2v) is 27.4. The standard InChI is InChI=1S/C70H38N2S6/c1-9-25-53-39(17-1)43-35-63-45(41-19-3-11-27-57(41)73-63)33-55(43)71(53)65-37-51-67(77-65)70(49-23-7-15-31-61(49)76-62-32-16-8-24-50(62)70)52-38-66(78-68(52)69(51)47-21-5-13-29-59(47)75-60-30-14-6-22-48(60)69)72-54-26-10-2-18-40(54)44-36-64-46(34-56(44)72)42-20-4-12-28-58(42)74-64/h1-38H. The van der Waals surface area contributed by atoms with E-state index in [4.69, 9.17) is 0 Å². The first-order chi connectivity index (χ1) is 38.6. The summed E-state index contributed by atoms with van der Waals surface area (Å²) in [6.45, 7) is 0. The Labute approximate surface area is 472 Å². The van der Waals surface area contributed by atoms with Gasteiger partial charge in [-0.2, -0.15) is 0 Å². The molecule has 8 heteroatoms. The largest absolute Gasteiger partial charge is 0.301 e.